The predicted molar refractivity (Wildman–Crippen MR) is 125 cm³/mol. The van der Waals surface area contributed by atoms with Crippen molar-refractivity contribution in [3.05, 3.63) is 60.7 Å². The molecule has 0 fully saturated rings. The minimum absolute atomic E-state index is 0.125. The van der Waals surface area contributed by atoms with Crippen LogP contribution >= 0.6 is 0 Å². The molecule has 1 aliphatic rings. The van der Waals surface area contributed by atoms with Crippen molar-refractivity contribution in [3.63, 3.8) is 0 Å². The molecule has 0 aromatic heterocycles. The van der Waals surface area contributed by atoms with Crippen LogP contribution in [0.4, 0.5) is 5.69 Å². The van der Waals surface area contributed by atoms with Crippen molar-refractivity contribution in [3.8, 4) is 28.4 Å². The van der Waals surface area contributed by atoms with Crippen molar-refractivity contribution in [2.75, 3.05) is 18.9 Å². The van der Waals surface area contributed by atoms with Crippen LogP contribution in [0.5, 0.6) is 17.2 Å². The molecule has 5 rings (SSSR count). The fourth-order valence-corrected chi connectivity index (χ4v) is 4.30. The van der Waals surface area contributed by atoms with Gasteiger partial charge in [-0.05, 0) is 57.9 Å². The van der Waals surface area contributed by atoms with E-state index in [1.165, 1.54) is 0 Å². The molecule has 4 aromatic carbocycles. The van der Waals surface area contributed by atoms with Gasteiger partial charge in [-0.1, -0.05) is 24.3 Å². The number of benzene rings is 4. The van der Waals surface area contributed by atoms with Crippen LogP contribution in [0.1, 0.15) is 12.8 Å². The first-order valence-corrected chi connectivity index (χ1v) is 10.7. The van der Waals surface area contributed by atoms with E-state index in [0.717, 1.165) is 27.1 Å². The highest BCUT2D eigenvalue weighted by Gasteiger charge is 2.19. The number of aliphatic hydroxyl groups is 2. The Kier molecular flexibility index (Phi) is 5.25. The number of phenols is 1. The van der Waals surface area contributed by atoms with Gasteiger partial charge in [0.1, 0.15) is 17.2 Å². The minimum Gasteiger partial charge on any atom is -0.507 e. The number of nitrogens with two attached hydrogens (primary N) is 1. The molecule has 164 valence electrons. The van der Waals surface area contributed by atoms with Gasteiger partial charge >= 0.3 is 0 Å². The summed E-state index contributed by atoms with van der Waals surface area (Å²) in [6, 6.07) is 18.7. The molecule has 4 aromatic rings. The monoisotopic (exact) mass is 431 g/mol. The summed E-state index contributed by atoms with van der Waals surface area (Å²) in [4.78, 5) is 0. The Balaban J connectivity index is 1.77. The summed E-state index contributed by atoms with van der Waals surface area (Å²) in [5.41, 5.74) is 8.36. The van der Waals surface area contributed by atoms with E-state index in [0.29, 0.717) is 29.2 Å². The van der Waals surface area contributed by atoms with E-state index in [9.17, 15) is 15.3 Å². The number of rotatable bonds is 0. The lowest BCUT2D eigenvalue weighted by atomic mass is 9.91. The maximum Gasteiger partial charge on any atom is 0.124 e. The summed E-state index contributed by atoms with van der Waals surface area (Å²) in [6.07, 6.45) is -1.24. The maximum absolute atomic E-state index is 10.9. The number of nitrogen functional groups attached to an aromatic ring is 1. The van der Waals surface area contributed by atoms with Crippen molar-refractivity contribution in [2.45, 2.75) is 25.0 Å². The highest BCUT2D eigenvalue weighted by Crippen LogP contribution is 2.44. The molecular formula is C26H25NO5. The number of fused-ring (bicyclic) bond motifs is 3. The summed E-state index contributed by atoms with van der Waals surface area (Å²) in [5.74, 6) is 1.36. The Morgan fingerprint density at radius 3 is 1.78 bits per heavy atom. The molecule has 0 aliphatic carbocycles. The van der Waals surface area contributed by atoms with E-state index in [4.69, 9.17) is 15.2 Å². The first-order chi connectivity index (χ1) is 15.5. The van der Waals surface area contributed by atoms with Crippen LogP contribution in [0.2, 0.25) is 0 Å². The number of hydrogen-bond acceptors (Lipinski definition) is 6. The largest absolute Gasteiger partial charge is 0.507 e. The molecule has 32 heavy (non-hydrogen) atoms. The SMILES string of the molecule is Nc1ccc2ccc3cc2c1-c1c(O)ccc2ccc(cc12)OCC[C@@H](O)[C@H](O)CCO3. The average molecular weight is 431 g/mol. The van der Waals surface area contributed by atoms with Crippen molar-refractivity contribution >= 4 is 27.2 Å². The Morgan fingerprint density at radius 1 is 0.688 bits per heavy atom. The normalized spacial score (nSPS) is 19.2. The zero-order chi connectivity index (χ0) is 22.2. The number of phenolic OH excluding ortho intramolecular Hbond substituents is 1. The van der Waals surface area contributed by atoms with E-state index in [1.807, 2.05) is 54.6 Å². The van der Waals surface area contributed by atoms with Crippen LogP contribution in [0.25, 0.3) is 32.7 Å². The smallest absolute Gasteiger partial charge is 0.124 e. The molecule has 0 radical (unpaired) electrons. The maximum atomic E-state index is 10.9. The molecule has 4 bridgehead atoms. The lowest BCUT2D eigenvalue weighted by Crippen LogP contribution is -2.29. The lowest BCUT2D eigenvalue weighted by molar-refractivity contribution is -0.00333. The van der Waals surface area contributed by atoms with E-state index in [2.05, 4.69) is 0 Å². The van der Waals surface area contributed by atoms with Crippen LogP contribution in [0.15, 0.2) is 60.7 Å². The van der Waals surface area contributed by atoms with Gasteiger partial charge in [0.15, 0.2) is 0 Å². The van der Waals surface area contributed by atoms with Gasteiger partial charge in [0.2, 0.25) is 0 Å². The fraction of sp³-hybridized carbons (Fsp3) is 0.231. The van der Waals surface area contributed by atoms with Gasteiger partial charge in [0, 0.05) is 29.7 Å². The van der Waals surface area contributed by atoms with Gasteiger partial charge in [0.05, 0.1) is 25.4 Å². The van der Waals surface area contributed by atoms with Crippen molar-refractivity contribution < 1.29 is 24.8 Å². The average Bonchev–Trinajstić information content (AvgIpc) is 2.79. The summed E-state index contributed by atoms with van der Waals surface area (Å²) in [7, 11) is 0. The highest BCUT2D eigenvalue weighted by atomic mass is 16.5. The third-order valence-electron chi connectivity index (χ3n) is 6.06. The Labute approximate surface area is 185 Å². The Hall–Kier alpha value is -3.48. The van der Waals surface area contributed by atoms with Gasteiger partial charge in [-0.15, -0.1) is 0 Å². The molecule has 1 heterocycles. The van der Waals surface area contributed by atoms with E-state index >= 15 is 0 Å². The molecule has 0 unspecified atom stereocenters. The third-order valence-corrected chi connectivity index (χ3v) is 6.06. The lowest BCUT2D eigenvalue weighted by Gasteiger charge is -2.20. The second kappa shape index (κ2) is 8.22. The molecule has 5 N–H and O–H groups in total. The van der Waals surface area contributed by atoms with Crippen molar-refractivity contribution in [1.29, 1.82) is 0 Å². The number of aliphatic hydroxyl groups excluding tert-OH is 2. The van der Waals surface area contributed by atoms with Crippen LogP contribution in [-0.4, -0.2) is 40.7 Å². The second-order valence-corrected chi connectivity index (χ2v) is 8.16. The molecule has 0 saturated carbocycles. The molecular weight excluding hydrogens is 406 g/mol. The number of anilines is 1. The standard InChI is InChI=1S/C26H25NO5/c27-21-7-3-15-1-5-17-13-19(15)25(21)26-20-14-18(6-2-16(20)4-8-24(26)30)32-12-10-23(29)22(28)9-11-31-17/h1-8,13-14,22-23,28-30H,9-12,27H2/t22-,23-/m1/s1. The Morgan fingerprint density at radius 2 is 1.19 bits per heavy atom. The highest BCUT2D eigenvalue weighted by molar-refractivity contribution is 6.11. The molecule has 1 aliphatic heterocycles. The summed E-state index contributed by atoms with van der Waals surface area (Å²) in [5, 5.41) is 35.0. The number of ether oxygens (including phenoxy) is 2. The van der Waals surface area contributed by atoms with Crippen LogP contribution < -0.4 is 15.2 Å². The fourth-order valence-electron chi connectivity index (χ4n) is 4.30. The van der Waals surface area contributed by atoms with Gasteiger partial charge < -0.3 is 30.5 Å². The zero-order valence-corrected chi connectivity index (χ0v) is 17.5. The van der Waals surface area contributed by atoms with Crippen LogP contribution in [0.3, 0.4) is 0 Å². The first-order valence-electron chi connectivity index (χ1n) is 10.7. The Bertz CT molecular complexity index is 1200. The molecule has 0 amide bonds. The summed E-state index contributed by atoms with van der Waals surface area (Å²) >= 11 is 0. The van der Waals surface area contributed by atoms with Crippen LogP contribution in [0, 0.1) is 0 Å². The topological polar surface area (TPSA) is 105 Å². The molecule has 0 spiro atoms. The van der Waals surface area contributed by atoms with Gasteiger partial charge in [-0.3, -0.25) is 0 Å². The third kappa shape index (κ3) is 3.68. The number of hydrogen-bond donors (Lipinski definition) is 4. The quantitative estimate of drug-likeness (QED) is 0.311. The first kappa shape index (κ1) is 20.4. The molecule has 2 atom stereocenters. The van der Waals surface area contributed by atoms with Gasteiger partial charge in [-0.25, -0.2) is 0 Å². The molecule has 6 heteroatoms. The molecule has 0 saturated heterocycles. The zero-order valence-electron chi connectivity index (χ0n) is 17.5. The van der Waals surface area contributed by atoms with E-state index < -0.39 is 12.2 Å². The van der Waals surface area contributed by atoms with Crippen molar-refractivity contribution in [2.24, 2.45) is 0 Å². The summed E-state index contributed by atoms with van der Waals surface area (Å²) < 4.78 is 11.7. The van der Waals surface area contributed by atoms with Gasteiger partial charge in [-0.2, -0.15) is 0 Å². The number of aromatic hydroxyl groups is 1. The molecule has 6 nitrogen and oxygen atoms in total. The van der Waals surface area contributed by atoms with E-state index in [-0.39, 0.29) is 25.4 Å². The minimum atomic E-state index is -0.908. The predicted octanol–water partition coefficient (Wildman–Crippen LogP) is 4.22. The summed E-state index contributed by atoms with van der Waals surface area (Å²) in [6.45, 7) is 0.498. The van der Waals surface area contributed by atoms with Gasteiger partial charge in [0.25, 0.3) is 0 Å². The van der Waals surface area contributed by atoms with Crippen LogP contribution in [-0.2, 0) is 0 Å². The van der Waals surface area contributed by atoms with Crippen molar-refractivity contribution in [1.82, 2.24) is 0 Å². The van der Waals surface area contributed by atoms with E-state index in [1.54, 1.807) is 6.07 Å². The second-order valence-electron chi connectivity index (χ2n) is 8.16.